The highest BCUT2D eigenvalue weighted by molar-refractivity contribution is 5.73. The molecule has 1 atom stereocenters. The third-order valence-corrected chi connectivity index (χ3v) is 4.03. The number of hydrogen-bond donors (Lipinski definition) is 4. The van der Waals surface area contributed by atoms with Crippen molar-refractivity contribution in [3.05, 3.63) is 23.9 Å². The highest BCUT2D eigenvalue weighted by Gasteiger charge is 2.14. The van der Waals surface area contributed by atoms with Gasteiger partial charge in [0.1, 0.15) is 5.82 Å². The van der Waals surface area contributed by atoms with E-state index in [0.717, 1.165) is 50.7 Å². The number of nitrogens with one attached hydrogen (secondary N) is 4. The number of urea groups is 1. The van der Waals surface area contributed by atoms with Gasteiger partial charge in [-0.2, -0.15) is 0 Å². The molecular formula is C15H24N6O2. The zero-order chi connectivity index (χ0) is 15.9. The fraction of sp³-hybridized carbons (Fsp3) is 0.600. The number of nitrogens with zero attached hydrogens (tertiary/aromatic N) is 2. The Bertz CT molecular complexity index is 497. The molecule has 0 radical (unpaired) electrons. The lowest BCUT2D eigenvalue weighted by atomic mass is 10.2. The van der Waals surface area contributed by atoms with Gasteiger partial charge in [-0.15, -0.1) is 0 Å². The van der Waals surface area contributed by atoms with Gasteiger partial charge in [0.25, 0.3) is 0 Å². The molecule has 2 aliphatic rings. The van der Waals surface area contributed by atoms with E-state index in [4.69, 9.17) is 4.74 Å². The van der Waals surface area contributed by atoms with Crippen molar-refractivity contribution in [2.24, 2.45) is 0 Å². The first kappa shape index (κ1) is 16.0. The van der Waals surface area contributed by atoms with E-state index in [2.05, 4.69) is 31.4 Å². The van der Waals surface area contributed by atoms with E-state index in [9.17, 15) is 4.79 Å². The first-order valence-corrected chi connectivity index (χ1v) is 8.09. The number of hydrogen-bond acceptors (Lipinski definition) is 6. The second-order valence-electron chi connectivity index (χ2n) is 5.74. The van der Waals surface area contributed by atoms with Crippen LogP contribution in [0.25, 0.3) is 0 Å². The van der Waals surface area contributed by atoms with E-state index in [-0.39, 0.29) is 6.03 Å². The molecule has 0 aliphatic carbocycles. The molecule has 8 nitrogen and oxygen atoms in total. The number of rotatable bonds is 5. The van der Waals surface area contributed by atoms with Gasteiger partial charge in [0.2, 0.25) is 0 Å². The van der Waals surface area contributed by atoms with Gasteiger partial charge in [-0.1, -0.05) is 6.07 Å². The van der Waals surface area contributed by atoms with Gasteiger partial charge in [0.15, 0.2) is 0 Å². The van der Waals surface area contributed by atoms with Crippen molar-refractivity contribution < 1.29 is 9.53 Å². The van der Waals surface area contributed by atoms with Crippen molar-refractivity contribution >= 4 is 11.8 Å². The van der Waals surface area contributed by atoms with Crippen LogP contribution in [-0.4, -0.2) is 56.4 Å². The maximum atomic E-state index is 11.8. The van der Waals surface area contributed by atoms with Gasteiger partial charge in [-0.05, 0) is 18.1 Å². The van der Waals surface area contributed by atoms with Crippen LogP contribution < -0.4 is 26.4 Å². The van der Waals surface area contributed by atoms with E-state index < -0.39 is 0 Å². The average Bonchev–Trinajstić information content (AvgIpc) is 3.13. The van der Waals surface area contributed by atoms with Crippen LogP contribution in [-0.2, 0) is 11.3 Å². The molecule has 3 heterocycles. The summed E-state index contributed by atoms with van der Waals surface area (Å²) in [4.78, 5) is 18.4. The topological polar surface area (TPSA) is 90.6 Å². The fourth-order valence-corrected chi connectivity index (χ4v) is 2.65. The first-order valence-electron chi connectivity index (χ1n) is 8.09. The zero-order valence-corrected chi connectivity index (χ0v) is 13.2. The predicted molar refractivity (Wildman–Crippen MR) is 87.1 cm³/mol. The SMILES string of the molecule is O=C(NCc1ccc(N2CCOCC2)nc1)NCC1CCNN1. The number of anilines is 1. The molecule has 2 fully saturated rings. The van der Waals surface area contributed by atoms with Crippen molar-refractivity contribution in [2.45, 2.75) is 19.0 Å². The number of amides is 2. The summed E-state index contributed by atoms with van der Waals surface area (Å²) in [5.41, 5.74) is 7.14. The second kappa shape index (κ2) is 8.09. The standard InChI is InChI=1S/C15H24N6O2/c22-15(18-11-13-3-4-19-20-13)17-10-12-1-2-14(16-9-12)21-5-7-23-8-6-21/h1-2,9,13,19-20H,3-8,10-11H2,(H2,17,18,22). The quantitative estimate of drug-likeness (QED) is 0.589. The first-order chi connectivity index (χ1) is 11.3. The molecule has 0 bridgehead atoms. The van der Waals surface area contributed by atoms with Gasteiger partial charge in [-0.3, -0.25) is 10.9 Å². The fourth-order valence-electron chi connectivity index (χ4n) is 2.65. The lowest BCUT2D eigenvalue weighted by molar-refractivity contribution is 0.122. The summed E-state index contributed by atoms with van der Waals surface area (Å²) in [7, 11) is 0. The predicted octanol–water partition coefficient (Wildman–Crippen LogP) is -0.416. The molecule has 1 aromatic heterocycles. The van der Waals surface area contributed by atoms with Crippen LogP contribution in [0.15, 0.2) is 18.3 Å². The Balaban J connectivity index is 1.40. The third-order valence-electron chi connectivity index (χ3n) is 4.03. The molecule has 1 unspecified atom stereocenters. The second-order valence-corrected chi connectivity index (χ2v) is 5.74. The lowest BCUT2D eigenvalue weighted by Crippen LogP contribution is -2.43. The van der Waals surface area contributed by atoms with E-state index in [1.165, 1.54) is 0 Å². The minimum atomic E-state index is -0.157. The average molecular weight is 320 g/mol. The lowest BCUT2D eigenvalue weighted by Gasteiger charge is -2.27. The van der Waals surface area contributed by atoms with Crippen molar-refractivity contribution in [3.63, 3.8) is 0 Å². The molecule has 23 heavy (non-hydrogen) atoms. The van der Waals surface area contributed by atoms with Crippen molar-refractivity contribution in [2.75, 3.05) is 44.3 Å². The van der Waals surface area contributed by atoms with E-state index >= 15 is 0 Å². The van der Waals surface area contributed by atoms with E-state index in [0.29, 0.717) is 19.1 Å². The molecule has 1 aromatic rings. The van der Waals surface area contributed by atoms with Crippen molar-refractivity contribution in [1.82, 2.24) is 26.5 Å². The molecule has 4 N–H and O–H groups in total. The number of carbonyl (C=O) groups excluding carboxylic acids is 1. The molecule has 2 aliphatic heterocycles. The summed E-state index contributed by atoms with van der Waals surface area (Å²) in [6.45, 7) is 5.27. The Morgan fingerprint density at radius 1 is 1.35 bits per heavy atom. The molecule has 2 saturated heterocycles. The number of morpholine rings is 1. The number of carbonyl (C=O) groups is 1. The molecule has 126 valence electrons. The molecule has 0 saturated carbocycles. The summed E-state index contributed by atoms with van der Waals surface area (Å²) in [5.74, 6) is 0.960. The Labute approximate surface area is 135 Å². The molecule has 0 spiro atoms. The normalized spacial score (nSPS) is 21.2. The van der Waals surface area contributed by atoms with Gasteiger partial charge >= 0.3 is 6.03 Å². The Morgan fingerprint density at radius 2 is 2.22 bits per heavy atom. The molecule has 3 rings (SSSR count). The van der Waals surface area contributed by atoms with Crippen LogP contribution in [0.5, 0.6) is 0 Å². The third kappa shape index (κ3) is 4.78. The molecule has 2 amide bonds. The minimum Gasteiger partial charge on any atom is -0.378 e. The number of pyridine rings is 1. The van der Waals surface area contributed by atoms with Gasteiger partial charge in [-0.25, -0.2) is 9.78 Å². The minimum absolute atomic E-state index is 0.157. The maximum Gasteiger partial charge on any atom is 0.315 e. The van der Waals surface area contributed by atoms with Crippen LogP contribution in [0, 0.1) is 0 Å². The zero-order valence-electron chi connectivity index (χ0n) is 13.2. The van der Waals surface area contributed by atoms with Gasteiger partial charge in [0.05, 0.1) is 13.2 Å². The van der Waals surface area contributed by atoms with Crippen molar-refractivity contribution in [3.8, 4) is 0 Å². The Morgan fingerprint density at radius 3 is 2.91 bits per heavy atom. The van der Waals surface area contributed by atoms with Crippen LogP contribution in [0.3, 0.4) is 0 Å². The van der Waals surface area contributed by atoms with Gasteiger partial charge < -0.3 is 20.3 Å². The van der Waals surface area contributed by atoms with E-state index in [1.807, 2.05) is 18.3 Å². The maximum absolute atomic E-state index is 11.8. The van der Waals surface area contributed by atoms with Crippen molar-refractivity contribution in [1.29, 1.82) is 0 Å². The highest BCUT2D eigenvalue weighted by atomic mass is 16.5. The van der Waals surface area contributed by atoms with Crippen LogP contribution in [0.4, 0.5) is 10.6 Å². The highest BCUT2D eigenvalue weighted by Crippen LogP contribution is 2.12. The van der Waals surface area contributed by atoms with Crippen LogP contribution in [0.2, 0.25) is 0 Å². The molecule has 8 heteroatoms. The van der Waals surface area contributed by atoms with E-state index in [1.54, 1.807) is 0 Å². The molecular weight excluding hydrogens is 296 g/mol. The summed E-state index contributed by atoms with van der Waals surface area (Å²) in [6, 6.07) is 4.14. The summed E-state index contributed by atoms with van der Waals surface area (Å²) < 4.78 is 5.34. The summed E-state index contributed by atoms with van der Waals surface area (Å²) in [5, 5.41) is 5.71. The van der Waals surface area contributed by atoms with Crippen LogP contribution >= 0.6 is 0 Å². The number of ether oxygens (including phenoxy) is 1. The van der Waals surface area contributed by atoms with Crippen LogP contribution in [0.1, 0.15) is 12.0 Å². The molecule has 0 aromatic carbocycles. The number of aromatic nitrogens is 1. The largest absolute Gasteiger partial charge is 0.378 e. The Kier molecular flexibility index (Phi) is 5.62. The summed E-state index contributed by atoms with van der Waals surface area (Å²) in [6.07, 6.45) is 2.83. The van der Waals surface area contributed by atoms with Gasteiger partial charge in [0, 0.05) is 45.0 Å². The monoisotopic (exact) mass is 320 g/mol. The smallest absolute Gasteiger partial charge is 0.315 e. The number of hydrazine groups is 1. The summed E-state index contributed by atoms with van der Waals surface area (Å²) >= 11 is 0. The Hall–Kier alpha value is -1.90.